The van der Waals surface area contributed by atoms with Gasteiger partial charge in [-0.25, -0.2) is 9.97 Å². The fraction of sp³-hybridized carbons (Fsp3) is 0.231. The van der Waals surface area contributed by atoms with Crippen molar-refractivity contribution in [2.24, 2.45) is 0 Å². The minimum atomic E-state index is 0.301. The maximum absolute atomic E-state index is 5.68. The van der Waals surface area contributed by atoms with Crippen LogP contribution in [0.3, 0.4) is 0 Å². The lowest BCUT2D eigenvalue weighted by molar-refractivity contribution is 0.358. The number of rotatable bonds is 1. The van der Waals surface area contributed by atoms with Crippen molar-refractivity contribution >= 4 is 5.95 Å². The number of nitrogens with zero attached hydrogens (tertiary/aromatic N) is 2. The lowest BCUT2D eigenvalue weighted by Gasteiger charge is -2.08. The summed E-state index contributed by atoms with van der Waals surface area (Å²) in [5.74, 6) is 1.24. The van der Waals surface area contributed by atoms with E-state index in [0.717, 1.165) is 35.7 Å². The number of hydrogen-bond acceptors (Lipinski definition) is 4. The summed E-state index contributed by atoms with van der Waals surface area (Å²) in [6, 6.07) is 8.04. The maximum atomic E-state index is 5.68. The molecule has 1 aliphatic rings. The van der Waals surface area contributed by atoms with Gasteiger partial charge >= 0.3 is 0 Å². The number of benzene rings is 1. The van der Waals surface area contributed by atoms with Crippen molar-refractivity contribution in [1.29, 1.82) is 0 Å². The molecule has 0 atom stereocenters. The standard InChI is InChI=1S/C13H13N3O/c1-8-7-11(16-13(14)15-8)10-4-2-3-9-5-6-17-12(9)10/h2-4,7H,5-6H2,1H3,(H2,14,15,16). The van der Waals surface area contributed by atoms with Crippen LogP contribution in [-0.2, 0) is 6.42 Å². The van der Waals surface area contributed by atoms with E-state index in [1.807, 2.05) is 25.1 Å². The van der Waals surface area contributed by atoms with Crippen LogP contribution in [0.4, 0.5) is 5.95 Å². The van der Waals surface area contributed by atoms with E-state index in [4.69, 9.17) is 10.5 Å². The summed E-state index contributed by atoms with van der Waals surface area (Å²) in [5, 5.41) is 0. The summed E-state index contributed by atoms with van der Waals surface area (Å²) in [5.41, 5.74) is 9.60. The van der Waals surface area contributed by atoms with Crippen molar-refractivity contribution in [3.63, 3.8) is 0 Å². The van der Waals surface area contributed by atoms with Gasteiger partial charge in [-0.05, 0) is 24.6 Å². The third-order valence-corrected chi connectivity index (χ3v) is 2.86. The number of fused-ring (bicyclic) bond motifs is 1. The Morgan fingerprint density at radius 3 is 3.00 bits per heavy atom. The largest absolute Gasteiger partial charge is 0.492 e. The fourth-order valence-corrected chi connectivity index (χ4v) is 2.15. The Kier molecular flexibility index (Phi) is 2.21. The molecule has 17 heavy (non-hydrogen) atoms. The minimum absolute atomic E-state index is 0.301. The molecule has 0 saturated heterocycles. The highest BCUT2D eigenvalue weighted by molar-refractivity contribution is 5.70. The zero-order valence-electron chi connectivity index (χ0n) is 9.60. The maximum Gasteiger partial charge on any atom is 0.220 e. The second-order valence-electron chi connectivity index (χ2n) is 4.15. The van der Waals surface area contributed by atoms with Crippen LogP contribution in [0.25, 0.3) is 11.3 Å². The average molecular weight is 227 g/mol. The monoisotopic (exact) mass is 227 g/mol. The first-order chi connectivity index (χ1) is 8.24. The Hall–Kier alpha value is -2.10. The summed E-state index contributed by atoms with van der Waals surface area (Å²) in [4.78, 5) is 8.35. The first kappa shape index (κ1) is 10.1. The molecule has 0 bridgehead atoms. The summed E-state index contributed by atoms with van der Waals surface area (Å²) in [6.07, 6.45) is 0.961. The van der Waals surface area contributed by atoms with Gasteiger partial charge < -0.3 is 10.5 Å². The number of aryl methyl sites for hydroxylation is 1. The number of anilines is 1. The molecular formula is C13H13N3O. The van der Waals surface area contributed by atoms with Crippen molar-refractivity contribution in [1.82, 2.24) is 9.97 Å². The fourth-order valence-electron chi connectivity index (χ4n) is 2.15. The Labute approximate surface area is 99.5 Å². The Balaban J connectivity index is 2.19. The van der Waals surface area contributed by atoms with Crippen LogP contribution in [-0.4, -0.2) is 16.6 Å². The van der Waals surface area contributed by atoms with Crippen LogP contribution in [0.5, 0.6) is 5.75 Å². The molecule has 2 heterocycles. The van der Waals surface area contributed by atoms with E-state index in [1.54, 1.807) is 0 Å². The zero-order valence-corrected chi connectivity index (χ0v) is 9.60. The topological polar surface area (TPSA) is 61.0 Å². The van der Waals surface area contributed by atoms with Crippen molar-refractivity contribution in [3.05, 3.63) is 35.5 Å². The second-order valence-corrected chi connectivity index (χ2v) is 4.15. The number of nitrogens with two attached hydrogens (primary N) is 1. The first-order valence-electron chi connectivity index (χ1n) is 5.60. The zero-order chi connectivity index (χ0) is 11.8. The molecule has 0 unspecified atom stereocenters. The van der Waals surface area contributed by atoms with Gasteiger partial charge in [-0.3, -0.25) is 0 Å². The summed E-state index contributed by atoms with van der Waals surface area (Å²) in [7, 11) is 0. The van der Waals surface area contributed by atoms with E-state index in [-0.39, 0.29) is 0 Å². The highest BCUT2D eigenvalue weighted by atomic mass is 16.5. The molecule has 0 spiro atoms. The lowest BCUT2D eigenvalue weighted by Crippen LogP contribution is -1.99. The molecule has 1 aromatic heterocycles. The van der Waals surface area contributed by atoms with Gasteiger partial charge in [-0.2, -0.15) is 0 Å². The Morgan fingerprint density at radius 2 is 2.18 bits per heavy atom. The molecule has 86 valence electrons. The third kappa shape index (κ3) is 1.71. The van der Waals surface area contributed by atoms with Gasteiger partial charge in [0.05, 0.1) is 12.3 Å². The van der Waals surface area contributed by atoms with Gasteiger partial charge in [0.25, 0.3) is 0 Å². The van der Waals surface area contributed by atoms with E-state index in [2.05, 4.69) is 16.0 Å². The normalized spacial score (nSPS) is 13.2. The number of para-hydroxylation sites is 1. The first-order valence-corrected chi connectivity index (χ1v) is 5.60. The molecule has 0 radical (unpaired) electrons. The summed E-state index contributed by atoms with van der Waals surface area (Å²) < 4.78 is 5.66. The van der Waals surface area contributed by atoms with E-state index >= 15 is 0 Å². The molecular weight excluding hydrogens is 214 g/mol. The number of aromatic nitrogens is 2. The quantitative estimate of drug-likeness (QED) is 0.809. The summed E-state index contributed by atoms with van der Waals surface area (Å²) in [6.45, 7) is 2.65. The van der Waals surface area contributed by atoms with Crippen molar-refractivity contribution in [3.8, 4) is 17.0 Å². The molecule has 4 heteroatoms. The number of ether oxygens (including phenoxy) is 1. The second kappa shape index (κ2) is 3.73. The van der Waals surface area contributed by atoms with Crippen molar-refractivity contribution < 1.29 is 4.74 Å². The van der Waals surface area contributed by atoms with E-state index in [9.17, 15) is 0 Å². The van der Waals surface area contributed by atoms with Gasteiger partial charge in [-0.15, -0.1) is 0 Å². The van der Waals surface area contributed by atoms with Gasteiger partial charge in [-0.1, -0.05) is 12.1 Å². The predicted molar refractivity (Wildman–Crippen MR) is 65.8 cm³/mol. The van der Waals surface area contributed by atoms with E-state index in [0.29, 0.717) is 5.95 Å². The van der Waals surface area contributed by atoms with Gasteiger partial charge in [0.15, 0.2) is 0 Å². The van der Waals surface area contributed by atoms with Gasteiger partial charge in [0.2, 0.25) is 5.95 Å². The van der Waals surface area contributed by atoms with Crippen LogP contribution in [0.2, 0.25) is 0 Å². The molecule has 0 fully saturated rings. The molecule has 0 saturated carbocycles. The van der Waals surface area contributed by atoms with Crippen molar-refractivity contribution in [2.75, 3.05) is 12.3 Å². The molecule has 1 aromatic carbocycles. The van der Waals surface area contributed by atoms with Crippen LogP contribution < -0.4 is 10.5 Å². The Morgan fingerprint density at radius 1 is 1.29 bits per heavy atom. The summed E-state index contributed by atoms with van der Waals surface area (Å²) >= 11 is 0. The molecule has 0 amide bonds. The SMILES string of the molecule is Cc1cc(-c2cccc3c2OCC3)nc(N)n1. The number of nitrogen functional groups attached to an aromatic ring is 1. The minimum Gasteiger partial charge on any atom is -0.492 e. The highest BCUT2D eigenvalue weighted by Crippen LogP contribution is 2.36. The molecule has 2 N–H and O–H groups in total. The van der Waals surface area contributed by atoms with E-state index < -0.39 is 0 Å². The molecule has 4 nitrogen and oxygen atoms in total. The average Bonchev–Trinajstić information content (AvgIpc) is 2.75. The molecule has 1 aliphatic heterocycles. The predicted octanol–water partition coefficient (Wildman–Crippen LogP) is 1.97. The van der Waals surface area contributed by atoms with Gasteiger partial charge in [0, 0.05) is 17.7 Å². The molecule has 0 aliphatic carbocycles. The molecule has 2 aromatic rings. The van der Waals surface area contributed by atoms with Crippen LogP contribution >= 0.6 is 0 Å². The highest BCUT2D eigenvalue weighted by Gasteiger charge is 2.18. The third-order valence-electron chi connectivity index (χ3n) is 2.86. The van der Waals surface area contributed by atoms with Crippen LogP contribution in [0.1, 0.15) is 11.3 Å². The van der Waals surface area contributed by atoms with E-state index in [1.165, 1.54) is 5.56 Å². The molecule has 3 rings (SSSR count). The Bertz CT molecular complexity index is 561. The van der Waals surface area contributed by atoms with Crippen molar-refractivity contribution in [2.45, 2.75) is 13.3 Å². The smallest absolute Gasteiger partial charge is 0.220 e. The number of hydrogen-bond donors (Lipinski definition) is 1. The van der Waals surface area contributed by atoms with Crippen LogP contribution in [0.15, 0.2) is 24.3 Å². The van der Waals surface area contributed by atoms with Gasteiger partial charge in [0.1, 0.15) is 5.75 Å². The van der Waals surface area contributed by atoms with Crippen LogP contribution in [0, 0.1) is 6.92 Å². The lowest BCUT2D eigenvalue weighted by atomic mass is 10.1.